The summed E-state index contributed by atoms with van der Waals surface area (Å²) >= 11 is 0. The number of nitrogens with zero attached hydrogens (tertiary/aromatic N) is 3. The molecule has 5 heteroatoms. The van der Waals surface area contributed by atoms with E-state index in [1.807, 2.05) is 36.4 Å². The van der Waals surface area contributed by atoms with Crippen LogP contribution in [0.3, 0.4) is 0 Å². The van der Waals surface area contributed by atoms with Gasteiger partial charge in [0.25, 0.3) is 0 Å². The van der Waals surface area contributed by atoms with Gasteiger partial charge in [0.05, 0.1) is 23.4 Å². The Morgan fingerprint density at radius 2 is 1.82 bits per heavy atom. The Morgan fingerprint density at radius 1 is 1.07 bits per heavy atom. The molecule has 0 aromatic heterocycles. The van der Waals surface area contributed by atoms with Gasteiger partial charge < -0.3 is 10.8 Å². The summed E-state index contributed by atoms with van der Waals surface area (Å²) in [5.74, 6) is -0.847. The van der Waals surface area contributed by atoms with E-state index < -0.39 is 11.3 Å². The summed E-state index contributed by atoms with van der Waals surface area (Å²) in [5, 5.41) is 42.5. The van der Waals surface area contributed by atoms with Crippen LogP contribution in [0, 0.1) is 45.3 Å². The van der Waals surface area contributed by atoms with Crippen molar-refractivity contribution in [1.82, 2.24) is 0 Å². The van der Waals surface area contributed by atoms with Crippen molar-refractivity contribution in [3.63, 3.8) is 0 Å². The standard InChI is InChI=1S/C23H18N4O/c24-11-18-16-7-3-4-8-17(16)21(23(12-25,13-26)22(18)27)20-15-6-2-1-5-14(15)9-10-19(20)28/h1-2,5-7,9-10,17,21,28H,3-4,8,27H2/t17-,21+/m1/s1. The topological polar surface area (TPSA) is 118 Å². The fraction of sp³-hybridized carbons (Fsp3) is 0.261. The summed E-state index contributed by atoms with van der Waals surface area (Å²) in [7, 11) is 0. The lowest BCUT2D eigenvalue weighted by Crippen LogP contribution is -2.42. The molecule has 0 aliphatic heterocycles. The molecule has 0 spiro atoms. The van der Waals surface area contributed by atoms with Crippen LogP contribution in [0.2, 0.25) is 0 Å². The van der Waals surface area contributed by atoms with Crippen LogP contribution in [-0.4, -0.2) is 5.11 Å². The predicted octanol–water partition coefficient (Wildman–Crippen LogP) is 4.14. The molecular weight excluding hydrogens is 348 g/mol. The lowest BCUT2D eigenvalue weighted by atomic mass is 9.56. The maximum absolute atomic E-state index is 10.8. The molecule has 28 heavy (non-hydrogen) atoms. The van der Waals surface area contributed by atoms with Crippen molar-refractivity contribution in [2.75, 3.05) is 0 Å². The maximum Gasteiger partial charge on any atom is 0.191 e. The Kier molecular flexibility index (Phi) is 4.07. The van der Waals surface area contributed by atoms with Crippen molar-refractivity contribution < 1.29 is 5.11 Å². The monoisotopic (exact) mass is 366 g/mol. The molecule has 0 unspecified atom stereocenters. The Labute approximate surface area is 163 Å². The zero-order valence-electron chi connectivity index (χ0n) is 15.2. The van der Waals surface area contributed by atoms with E-state index in [2.05, 4.69) is 18.2 Å². The van der Waals surface area contributed by atoms with E-state index in [0.717, 1.165) is 35.6 Å². The van der Waals surface area contributed by atoms with Crippen molar-refractivity contribution in [2.24, 2.45) is 17.1 Å². The van der Waals surface area contributed by atoms with Gasteiger partial charge in [-0.05, 0) is 47.6 Å². The van der Waals surface area contributed by atoms with Crippen molar-refractivity contribution >= 4 is 10.8 Å². The largest absolute Gasteiger partial charge is 0.508 e. The van der Waals surface area contributed by atoms with E-state index in [9.17, 15) is 20.9 Å². The van der Waals surface area contributed by atoms with Crippen LogP contribution in [-0.2, 0) is 0 Å². The zero-order chi connectivity index (χ0) is 19.9. The molecule has 0 heterocycles. The number of hydrogen-bond donors (Lipinski definition) is 2. The van der Waals surface area contributed by atoms with Gasteiger partial charge >= 0.3 is 0 Å². The predicted molar refractivity (Wildman–Crippen MR) is 104 cm³/mol. The fourth-order valence-corrected chi connectivity index (χ4v) is 4.80. The van der Waals surface area contributed by atoms with Crippen molar-refractivity contribution in [2.45, 2.75) is 25.2 Å². The molecule has 0 saturated carbocycles. The van der Waals surface area contributed by atoms with Crippen molar-refractivity contribution in [3.05, 3.63) is 64.9 Å². The second kappa shape index (κ2) is 6.45. The van der Waals surface area contributed by atoms with Gasteiger partial charge in [-0.15, -0.1) is 0 Å². The minimum absolute atomic E-state index is 0.0123. The summed E-state index contributed by atoms with van der Waals surface area (Å²) in [6, 6.07) is 17.4. The summed E-state index contributed by atoms with van der Waals surface area (Å²) in [5.41, 5.74) is 6.17. The molecule has 2 aromatic rings. The first-order chi connectivity index (χ1) is 13.6. The van der Waals surface area contributed by atoms with Crippen LogP contribution in [0.25, 0.3) is 10.8 Å². The zero-order valence-corrected chi connectivity index (χ0v) is 15.2. The van der Waals surface area contributed by atoms with Gasteiger partial charge in [0.2, 0.25) is 0 Å². The normalized spacial score (nSPS) is 23.1. The third-order valence-corrected chi connectivity index (χ3v) is 6.06. The molecule has 2 aromatic carbocycles. The quantitative estimate of drug-likeness (QED) is 0.786. The van der Waals surface area contributed by atoms with Gasteiger partial charge in [0.15, 0.2) is 5.41 Å². The Bertz CT molecular complexity index is 1160. The highest BCUT2D eigenvalue weighted by Crippen LogP contribution is 2.58. The minimum Gasteiger partial charge on any atom is -0.508 e. The number of rotatable bonds is 1. The molecule has 2 atom stereocenters. The fourth-order valence-electron chi connectivity index (χ4n) is 4.80. The van der Waals surface area contributed by atoms with Gasteiger partial charge in [-0.25, -0.2) is 0 Å². The smallest absolute Gasteiger partial charge is 0.191 e. The first kappa shape index (κ1) is 17.7. The van der Waals surface area contributed by atoms with Gasteiger partial charge in [-0.2, -0.15) is 15.8 Å². The highest BCUT2D eigenvalue weighted by molar-refractivity contribution is 5.89. The van der Waals surface area contributed by atoms with Crippen LogP contribution >= 0.6 is 0 Å². The molecule has 0 amide bonds. The summed E-state index contributed by atoms with van der Waals surface area (Å²) in [6.45, 7) is 0. The first-order valence-corrected chi connectivity index (χ1v) is 9.23. The Hall–Kier alpha value is -3.75. The van der Waals surface area contributed by atoms with Crippen LogP contribution in [0.1, 0.15) is 30.7 Å². The molecule has 0 saturated heterocycles. The van der Waals surface area contributed by atoms with Gasteiger partial charge in [-0.3, -0.25) is 0 Å². The van der Waals surface area contributed by atoms with Gasteiger partial charge in [-0.1, -0.05) is 36.4 Å². The lowest BCUT2D eigenvalue weighted by molar-refractivity contribution is 0.310. The lowest BCUT2D eigenvalue weighted by Gasteiger charge is -2.43. The van der Waals surface area contributed by atoms with E-state index in [1.54, 1.807) is 6.07 Å². The maximum atomic E-state index is 10.8. The number of nitriles is 3. The number of nitrogens with two attached hydrogens (primary N) is 1. The highest BCUT2D eigenvalue weighted by atomic mass is 16.3. The van der Waals surface area contributed by atoms with Gasteiger partial charge in [0.1, 0.15) is 11.8 Å². The summed E-state index contributed by atoms with van der Waals surface area (Å²) in [4.78, 5) is 0. The molecule has 5 nitrogen and oxygen atoms in total. The molecule has 4 rings (SSSR count). The Balaban J connectivity index is 2.13. The second-order valence-corrected chi connectivity index (χ2v) is 7.33. The minimum atomic E-state index is -1.72. The first-order valence-electron chi connectivity index (χ1n) is 9.23. The Morgan fingerprint density at radius 3 is 2.54 bits per heavy atom. The average molecular weight is 366 g/mol. The molecular formula is C23H18N4O. The van der Waals surface area contributed by atoms with E-state index >= 15 is 0 Å². The second-order valence-electron chi connectivity index (χ2n) is 7.33. The third kappa shape index (κ3) is 2.22. The van der Waals surface area contributed by atoms with Crippen molar-refractivity contribution in [1.29, 1.82) is 15.8 Å². The molecule has 0 radical (unpaired) electrons. The van der Waals surface area contributed by atoms with Crippen molar-refractivity contribution in [3.8, 4) is 24.0 Å². The molecule has 3 N–H and O–H groups in total. The van der Waals surface area contributed by atoms with E-state index in [-0.39, 0.29) is 22.9 Å². The van der Waals surface area contributed by atoms with E-state index in [1.165, 1.54) is 0 Å². The SMILES string of the molecule is N#CC1=C(N)C(C#N)(C#N)[C@H](c2c(O)ccc3ccccc23)[C@@H]2CCCC=C12. The number of aromatic hydroxyl groups is 1. The van der Waals surface area contributed by atoms with Crippen LogP contribution < -0.4 is 5.73 Å². The number of phenolic OH excluding ortho intramolecular Hbond substituents is 1. The molecule has 0 fully saturated rings. The average Bonchev–Trinajstić information content (AvgIpc) is 2.74. The number of allylic oxidation sites excluding steroid dienone is 4. The van der Waals surface area contributed by atoms with Crippen LogP contribution in [0.5, 0.6) is 5.75 Å². The van der Waals surface area contributed by atoms with Crippen LogP contribution in [0.4, 0.5) is 0 Å². The molecule has 2 aliphatic rings. The van der Waals surface area contributed by atoms with Gasteiger partial charge in [0, 0.05) is 11.5 Å². The molecule has 2 aliphatic carbocycles. The summed E-state index contributed by atoms with van der Waals surface area (Å²) < 4.78 is 0. The van der Waals surface area contributed by atoms with E-state index in [0.29, 0.717) is 5.56 Å². The third-order valence-electron chi connectivity index (χ3n) is 6.06. The van der Waals surface area contributed by atoms with E-state index in [4.69, 9.17) is 5.73 Å². The number of benzene rings is 2. The highest BCUT2D eigenvalue weighted by Gasteiger charge is 2.54. The number of fused-ring (bicyclic) bond motifs is 2. The summed E-state index contributed by atoms with van der Waals surface area (Å²) in [6.07, 6.45) is 4.43. The van der Waals surface area contributed by atoms with Crippen LogP contribution in [0.15, 0.2) is 59.3 Å². The molecule has 0 bridgehead atoms. The molecule has 136 valence electrons. The number of hydrogen-bond acceptors (Lipinski definition) is 5. The number of phenols is 1.